The Labute approximate surface area is 409 Å². The Bertz CT molecular complexity index is 885. The van der Waals surface area contributed by atoms with E-state index in [1.54, 1.807) is 0 Å². The van der Waals surface area contributed by atoms with Crippen molar-refractivity contribution >= 4 is 11.9 Å². The molecular weight excluding hydrogens is 797 g/mol. The summed E-state index contributed by atoms with van der Waals surface area (Å²) in [6.45, 7) is 13.2. The van der Waals surface area contributed by atoms with Gasteiger partial charge in [0.25, 0.3) is 0 Å². The fourth-order valence-corrected chi connectivity index (χ4v) is 9.57. The van der Waals surface area contributed by atoms with Gasteiger partial charge in [-0.3, -0.25) is 9.59 Å². The molecule has 388 valence electrons. The van der Waals surface area contributed by atoms with Crippen molar-refractivity contribution in [2.45, 2.75) is 350 Å². The van der Waals surface area contributed by atoms with E-state index < -0.39 is 0 Å². The molecule has 65 heavy (non-hydrogen) atoms. The molecule has 2 atom stereocenters. The number of carbonyl (C=O) groups excluding carboxylic acids is 2. The summed E-state index contributed by atoms with van der Waals surface area (Å²) in [5.41, 5.74) is -0.386. The van der Waals surface area contributed by atoms with Crippen molar-refractivity contribution in [1.82, 2.24) is 0 Å². The molecule has 0 rings (SSSR count). The maximum Gasteiger partial charge on any atom is 0.308 e. The standard InChI is InChI=1S/C61H120O4/c1-7-9-11-13-15-17-19-21-23-25-27-29-31-33-35-37-39-41-43-45-47-49-51-53-57(3)59(62)64-55-61(5,6)56-65-60(63)58(4)54-52-50-48-46-44-42-40-38-36-34-32-30-28-26-24-22-20-18-16-14-12-10-8-2/h57-58H,7-56H2,1-6H3. The highest BCUT2D eigenvalue weighted by molar-refractivity contribution is 5.72. The largest absolute Gasteiger partial charge is 0.465 e. The number of unbranched alkanes of at least 4 members (excludes halogenated alkanes) is 44. The zero-order valence-corrected chi connectivity index (χ0v) is 45.6. The number of ether oxygens (including phenoxy) is 2. The second-order valence-corrected chi connectivity index (χ2v) is 22.3. The molecule has 0 fully saturated rings. The third-order valence-electron chi connectivity index (χ3n) is 14.5. The second-order valence-electron chi connectivity index (χ2n) is 22.3. The molecule has 0 aromatic carbocycles. The molecule has 0 aliphatic carbocycles. The van der Waals surface area contributed by atoms with Gasteiger partial charge in [-0.05, 0) is 12.8 Å². The fraction of sp³-hybridized carbons (Fsp3) is 0.967. The summed E-state index contributed by atoms with van der Waals surface area (Å²) in [4.78, 5) is 25.5. The minimum atomic E-state index is -0.386. The van der Waals surface area contributed by atoms with Crippen LogP contribution in [-0.4, -0.2) is 25.2 Å². The molecule has 4 nitrogen and oxygen atoms in total. The third-order valence-corrected chi connectivity index (χ3v) is 14.5. The number of esters is 2. The van der Waals surface area contributed by atoms with Crippen molar-refractivity contribution in [3.8, 4) is 0 Å². The average Bonchev–Trinajstić information content (AvgIpc) is 3.30. The SMILES string of the molecule is CCCCCCCCCCCCCCCCCCCCCCCCCC(C)C(=O)OCC(C)(C)COC(=O)C(C)CCCCCCCCCCCCCCCCCCCCCCCCC. The van der Waals surface area contributed by atoms with Crippen molar-refractivity contribution < 1.29 is 19.1 Å². The lowest BCUT2D eigenvalue weighted by Gasteiger charge is -2.25. The van der Waals surface area contributed by atoms with Gasteiger partial charge in [-0.2, -0.15) is 0 Å². The van der Waals surface area contributed by atoms with Crippen LogP contribution in [0.1, 0.15) is 350 Å². The number of hydrogen-bond acceptors (Lipinski definition) is 4. The number of rotatable bonds is 54. The Hall–Kier alpha value is -1.06. The quantitative estimate of drug-likeness (QED) is 0.0451. The Morgan fingerprint density at radius 3 is 0.615 bits per heavy atom. The summed E-state index contributed by atoms with van der Waals surface area (Å²) in [6, 6.07) is 0. The summed E-state index contributed by atoms with van der Waals surface area (Å²) in [7, 11) is 0. The molecule has 0 aromatic heterocycles. The molecule has 0 bridgehead atoms. The van der Waals surface area contributed by atoms with Crippen LogP contribution < -0.4 is 0 Å². The third kappa shape index (κ3) is 49.2. The summed E-state index contributed by atoms with van der Waals surface area (Å²) in [6.07, 6.45) is 65.9. The Morgan fingerprint density at radius 2 is 0.446 bits per heavy atom. The van der Waals surface area contributed by atoms with E-state index in [0.29, 0.717) is 0 Å². The van der Waals surface area contributed by atoms with Crippen molar-refractivity contribution in [2.75, 3.05) is 13.2 Å². The van der Waals surface area contributed by atoms with E-state index in [1.807, 2.05) is 27.7 Å². The summed E-state index contributed by atoms with van der Waals surface area (Å²) >= 11 is 0. The van der Waals surface area contributed by atoms with Gasteiger partial charge in [-0.25, -0.2) is 0 Å². The molecule has 0 aromatic rings. The van der Waals surface area contributed by atoms with E-state index in [0.717, 1.165) is 25.7 Å². The smallest absolute Gasteiger partial charge is 0.308 e. The molecule has 0 spiro atoms. The number of hydrogen-bond donors (Lipinski definition) is 0. The van der Waals surface area contributed by atoms with Gasteiger partial charge in [0.1, 0.15) is 0 Å². The minimum absolute atomic E-state index is 0.0769. The lowest BCUT2D eigenvalue weighted by Crippen LogP contribution is -2.31. The van der Waals surface area contributed by atoms with Gasteiger partial charge < -0.3 is 9.47 Å². The van der Waals surface area contributed by atoms with Crippen LogP contribution in [0.5, 0.6) is 0 Å². The van der Waals surface area contributed by atoms with E-state index in [-0.39, 0.29) is 42.4 Å². The van der Waals surface area contributed by atoms with E-state index in [2.05, 4.69) is 13.8 Å². The lowest BCUT2D eigenvalue weighted by molar-refractivity contribution is -0.157. The van der Waals surface area contributed by atoms with Crippen molar-refractivity contribution in [3.05, 3.63) is 0 Å². The fourth-order valence-electron chi connectivity index (χ4n) is 9.57. The van der Waals surface area contributed by atoms with Crippen LogP contribution >= 0.6 is 0 Å². The average molecular weight is 918 g/mol. The molecule has 0 heterocycles. The Morgan fingerprint density at radius 1 is 0.292 bits per heavy atom. The van der Waals surface area contributed by atoms with Gasteiger partial charge in [0.05, 0.1) is 25.0 Å². The minimum Gasteiger partial charge on any atom is -0.465 e. The number of carbonyl (C=O) groups is 2. The first-order chi connectivity index (χ1) is 31.7. The molecule has 4 heteroatoms. The highest BCUT2D eigenvalue weighted by Gasteiger charge is 2.26. The maximum absolute atomic E-state index is 12.7. The normalized spacial score (nSPS) is 12.8. The van der Waals surface area contributed by atoms with Gasteiger partial charge in [0, 0.05) is 5.41 Å². The first-order valence-electron chi connectivity index (χ1n) is 30.1. The van der Waals surface area contributed by atoms with Gasteiger partial charge in [-0.15, -0.1) is 0 Å². The van der Waals surface area contributed by atoms with Crippen LogP contribution in [0.4, 0.5) is 0 Å². The topological polar surface area (TPSA) is 52.6 Å². The summed E-state index contributed by atoms with van der Waals surface area (Å²) in [5, 5.41) is 0. The molecule has 2 unspecified atom stereocenters. The Kier molecular flexibility index (Phi) is 50.0. The predicted molar refractivity (Wildman–Crippen MR) is 287 cm³/mol. The molecule has 0 saturated heterocycles. The van der Waals surface area contributed by atoms with Crippen LogP contribution in [0.25, 0.3) is 0 Å². The van der Waals surface area contributed by atoms with Gasteiger partial charge >= 0.3 is 11.9 Å². The molecule has 0 N–H and O–H groups in total. The second kappa shape index (κ2) is 50.8. The van der Waals surface area contributed by atoms with Crippen molar-refractivity contribution in [1.29, 1.82) is 0 Å². The van der Waals surface area contributed by atoms with Crippen LogP contribution in [0.2, 0.25) is 0 Å². The van der Waals surface area contributed by atoms with E-state index in [4.69, 9.17) is 9.47 Å². The molecule has 0 amide bonds. The van der Waals surface area contributed by atoms with Gasteiger partial charge in [0.2, 0.25) is 0 Å². The predicted octanol–water partition coefficient (Wildman–Crippen LogP) is 21.1. The lowest BCUT2D eigenvalue weighted by atomic mass is 9.95. The monoisotopic (exact) mass is 917 g/mol. The van der Waals surface area contributed by atoms with E-state index in [1.165, 1.54) is 283 Å². The summed E-state index contributed by atoms with van der Waals surface area (Å²) < 4.78 is 11.4. The highest BCUT2D eigenvalue weighted by atomic mass is 16.5. The zero-order chi connectivity index (χ0) is 47.6. The van der Waals surface area contributed by atoms with E-state index in [9.17, 15) is 9.59 Å². The molecule has 0 radical (unpaired) electrons. The van der Waals surface area contributed by atoms with Crippen LogP contribution in [0, 0.1) is 17.3 Å². The van der Waals surface area contributed by atoms with Gasteiger partial charge in [0.15, 0.2) is 0 Å². The summed E-state index contributed by atoms with van der Waals surface area (Å²) in [5.74, 6) is -0.382. The molecule has 0 aliphatic rings. The van der Waals surface area contributed by atoms with E-state index >= 15 is 0 Å². The zero-order valence-electron chi connectivity index (χ0n) is 45.6. The molecular formula is C61H120O4. The molecule has 0 aliphatic heterocycles. The van der Waals surface area contributed by atoms with Crippen LogP contribution in [-0.2, 0) is 19.1 Å². The Balaban J connectivity index is 3.57. The molecule has 0 saturated carbocycles. The first-order valence-corrected chi connectivity index (χ1v) is 30.1. The van der Waals surface area contributed by atoms with Crippen molar-refractivity contribution in [2.24, 2.45) is 17.3 Å². The highest BCUT2D eigenvalue weighted by Crippen LogP contribution is 2.22. The van der Waals surface area contributed by atoms with Crippen LogP contribution in [0.15, 0.2) is 0 Å². The van der Waals surface area contributed by atoms with Crippen molar-refractivity contribution in [3.63, 3.8) is 0 Å². The first kappa shape index (κ1) is 63.9. The van der Waals surface area contributed by atoms with Crippen LogP contribution in [0.3, 0.4) is 0 Å². The maximum atomic E-state index is 12.7. The van der Waals surface area contributed by atoms with Gasteiger partial charge in [-0.1, -0.05) is 337 Å².